The molecule has 3 rings (SSSR count). The van der Waals surface area contributed by atoms with Gasteiger partial charge < -0.3 is 15.4 Å². The van der Waals surface area contributed by atoms with Crippen molar-refractivity contribution < 1.29 is 22.7 Å². The standard InChI is InChI=1S/C17H21F3N6O2/c1-28-11-16(4-6-21-7-5-16)10-23-15(27)13-9-26(25-24-13)14-3-2-12(8-22-14)17(18,19)20/h2-3,8-9,21H,4-7,10-11H2,1H3,(H,23,27). The average molecular weight is 398 g/mol. The van der Waals surface area contributed by atoms with Gasteiger partial charge in [0.15, 0.2) is 11.5 Å². The summed E-state index contributed by atoms with van der Waals surface area (Å²) in [6.07, 6.45) is -0.670. The topological polar surface area (TPSA) is 94.0 Å². The van der Waals surface area contributed by atoms with E-state index in [0.717, 1.165) is 36.7 Å². The van der Waals surface area contributed by atoms with Gasteiger partial charge in [0.1, 0.15) is 0 Å². The second kappa shape index (κ2) is 8.23. The zero-order valence-corrected chi connectivity index (χ0v) is 15.3. The fourth-order valence-electron chi connectivity index (χ4n) is 3.16. The second-order valence-electron chi connectivity index (χ2n) is 6.82. The monoisotopic (exact) mass is 398 g/mol. The Kier molecular flexibility index (Phi) is 5.94. The molecule has 3 heterocycles. The quantitative estimate of drug-likeness (QED) is 0.765. The number of carbonyl (C=O) groups is 1. The predicted octanol–water partition coefficient (Wildman–Crippen LogP) is 1.43. The maximum absolute atomic E-state index is 12.6. The molecule has 152 valence electrons. The van der Waals surface area contributed by atoms with Gasteiger partial charge in [-0.3, -0.25) is 4.79 Å². The summed E-state index contributed by atoms with van der Waals surface area (Å²) in [6, 6.07) is 2.07. The SMILES string of the molecule is COCC1(CNC(=O)c2cn(-c3ccc(C(F)(F)F)cn3)nn2)CCNCC1. The molecular weight excluding hydrogens is 377 g/mol. The second-order valence-corrected chi connectivity index (χ2v) is 6.82. The summed E-state index contributed by atoms with van der Waals surface area (Å²) in [4.78, 5) is 16.1. The molecule has 2 N–H and O–H groups in total. The number of pyridine rings is 1. The van der Waals surface area contributed by atoms with E-state index >= 15 is 0 Å². The highest BCUT2D eigenvalue weighted by molar-refractivity contribution is 5.91. The molecule has 0 bridgehead atoms. The molecule has 0 aliphatic carbocycles. The summed E-state index contributed by atoms with van der Waals surface area (Å²) in [6.45, 7) is 2.69. The molecule has 0 atom stereocenters. The molecule has 1 aliphatic rings. The summed E-state index contributed by atoms with van der Waals surface area (Å²) in [7, 11) is 1.63. The van der Waals surface area contributed by atoms with E-state index in [4.69, 9.17) is 4.74 Å². The number of hydrogen-bond donors (Lipinski definition) is 2. The van der Waals surface area contributed by atoms with Crippen LogP contribution in [0.15, 0.2) is 24.5 Å². The van der Waals surface area contributed by atoms with Crippen LogP contribution in [0.2, 0.25) is 0 Å². The van der Waals surface area contributed by atoms with E-state index in [2.05, 4.69) is 25.9 Å². The Bertz CT molecular complexity index is 794. The van der Waals surface area contributed by atoms with Crippen LogP contribution in [0.4, 0.5) is 13.2 Å². The highest BCUT2D eigenvalue weighted by Gasteiger charge is 2.33. The van der Waals surface area contributed by atoms with Crippen LogP contribution in [0.3, 0.4) is 0 Å². The third-order valence-corrected chi connectivity index (χ3v) is 4.77. The van der Waals surface area contributed by atoms with E-state index in [9.17, 15) is 18.0 Å². The Hall–Kier alpha value is -2.53. The third kappa shape index (κ3) is 4.65. The Balaban J connectivity index is 1.65. The minimum atomic E-state index is -4.47. The lowest BCUT2D eigenvalue weighted by atomic mass is 9.79. The molecule has 0 radical (unpaired) electrons. The average Bonchev–Trinajstić information content (AvgIpc) is 3.17. The largest absolute Gasteiger partial charge is 0.417 e. The van der Waals surface area contributed by atoms with Crippen molar-refractivity contribution in [1.82, 2.24) is 30.6 Å². The van der Waals surface area contributed by atoms with E-state index in [1.807, 2.05) is 0 Å². The van der Waals surface area contributed by atoms with Gasteiger partial charge >= 0.3 is 6.18 Å². The van der Waals surface area contributed by atoms with Crippen LogP contribution in [0, 0.1) is 5.41 Å². The number of ether oxygens (including phenoxy) is 1. The Morgan fingerprint density at radius 1 is 1.36 bits per heavy atom. The fourth-order valence-corrected chi connectivity index (χ4v) is 3.16. The molecule has 1 fully saturated rings. The number of carbonyl (C=O) groups excluding carboxylic acids is 1. The van der Waals surface area contributed by atoms with E-state index in [1.165, 1.54) is 12.3 Å². The molecule has 8 nitrogen and oxygen atoms in total. The van der Waals surface area contributed by atoms with Crippen molar-refractivity contribution in [2.75, 3.05) is 33.4 Å². The lowest BCUT2D eigenvalue weighted by Crippen LogP contribution is -2.47. The van der Waals surface area contributed by atoms with Gasteiger partial charge in [-0.25, -0.2) is 9.67 Å². The Labute approximate surface area is 159 Å². The number of nitrogens with one attached hydrogen (secondary N) is 2. The molecule has 2 aromatic rings. The Morgan fingerprint density at radius 3 is 2.71 bits per heavy atom. The van der Waals surface area contributed by atoms with Crippen molar-refractivity contribution in [2.24, 2.45) is 5.41 Å². The zero-order valence-electron chi connectivity index (χ0n) is 15.3. The molecule has 1 aliphatic heterocycles. The molecule has 11 heteroatoms. The van der Waals surface area contributed by atoms with Crippen molar-refractivity contribution in [3.8, 4) is 5.82 Å². The molecule has 0 aromatic carbocycles. The summed E-state index contributed by atoms with van der Waals surface area (Å²) in [5, 5.41) is 13.7. The Morgan fingerprint density at radius 2 is 2.11 bits per heavy atom. The number of nitrogens with zero attached hydrogens (tertiary/aromatic N) is 4. The minimum absolute atomic E-state index is 0.0585. The van der Waals surface area contributed by atoms with Crippen LogP contribution >= 0.6 is 0 Å². The van der Waals surface area contributed by atoms with Crippen molar-refractivity contribution in [3.05, 3.63) is 35.8 Å². The highest BCUT2D eigenvalue weighted by atomic mass is 19.4. The van der Waals surface area contributed by atoms with Gasteiger partial charge in [-0.2, -0.15) is 13.2 Å². The molecule has 0 saturated carbocycles. The van der Waals surface area contributed by atoms with Crippen LogP contribution in [0.1, 0.15) is 28.9 Å². The third-order valence-electron chi connectivity index (χ3n) is 4.77. The van der Waals surface area contributed by atoms with Crippen LogP contribution in [-0.2, 0) is 10.9 Å². The number of alkyl halides is 3. The molecule has 1 saturated heterocycles. The van der Waals surface area contributed by atoms with E-state index in [-0.39, 0.29) is 16.9 Å². The number of amides is 1. The molecule has 0 unspecified atom stereocenters. The van der Waals surface area contributed by atoms with Gasteiger partial charge in [0, 0.05) is 25.3 Å². The maximum atomic E-state index is 12.6. The lowest BCUT2D eigenvalue weighted by Gasteiger charge is -2.37. The van der Waals surface area contributed by atoms with E-state index in [1.54, 1.807) is 7.11 Å². The number of methoxy groups -OCH3 is 1. The lowest BCUT2D eigenvalue weighted by molar-refractivity contribution is -0.137. The minimum Gasteiger partial charge on any atom is -0.384 e. The number of piperidine rings is 1. The molecule has 28 heavy (non-hydrogen) atoms. The van der Waals surface area contributed by atoms with Gasteiger partial charge in [-0.1, -0.05) is 5.21 Å². The van der Waals surface area contributed by atoms with Crippen molar-refractivity contribution in [1.29, 1.82) is 0 Å². The van der Waals surface area contributed by atoms with Gasteiger partial charge in [-0.05, 0) is 38.1 Å². The normalized spacial score (nSPS) is 16.7. The number of halogens is 3. The van der Waals surface area contributed by atoms with Gasteiger partial charge in [0.25, 0.3) is 5.91 Å². The van der Waals surface area contributed by atoms with Gasteiger partial charge in [0.2, 0.25) is 0 Å². The number of aromatic nitrogens is 4. The van der Waals surface area contributed by atoms with Gasteiger partial charge in [0.05, 0.1) is 18.4 Å². The number of rotatable bonds is 6. The van der Waals surface area contributed by atoms with E-state index in [0.29, 0.717) is 19.3 Å². The molecule has 1 amide bonds. The number of hydrogen-bond acceptors (Lipinski definition) is 6. The van der Waals surface area contributed by atoms with Gasteiger partial charge in [-0.15, -0.1) is 5.10 Å². The molecular formula is C17H21F3N6O2. The van der Waals surface area contributed by atoms with Crippen LogP contribution < -0.4 is 10.6 Å². The summed E-state index contributed by atoms with van der Waals surface area (Å²) >= 11 is 0. The first-order valence-electron chi connectivity index (χ1n) is 8.77. The van der Waals surface area contributed by atoms with Crippen molar-refractivity contribution >= 4 is 5.91 Å². The van der Waals surface area contributed by atoms with Crippen molar-refractivity contribution in [2.45, 2.75) is 19.0 Å². The predicted molar refractivity (Wildman–Crippen MR) is 92.9 cm³/mol. The first-order chi connectivity index (χ1) is 13.3. The smallest absolute Gasteiger partial charge is 0.384 e. The fraction of sp³-hybridized carbons (Fsp3) is 0.529. The summed E-state index contributed by atoms with van der Waals surface area (Å²) < 4.78 is 44.3. The first-order valence-corrected chi connectivity index (χ1v) is 8.77. The van der Waals surface area contributed by atoms with Crippen molar-refractivity contribution in [3.63, 3.8) is 0 Å². The maximum Gasteiger partial charge on any atom is 0.417 e. The highest BCUT2D eigenvalue weighted by Crippen LogP contribution is 2.29. The molecule has 0 spiro atoms. The molecule has 2 aromatic heterocycles. The zero-order chi connectivity index (χ0) is 20.2. The first kappa shape index (κ1) is 20.2. The van der Waals surface area contributed by atoms with Crippen LogP contribution in [0.5, 0.6) is 0 Å². The van der Waals surface area contributed by atoms with Crippen LogP contribution in [0.25, 0.3) is 5.82 Å². The van der Waals surface area contributed by atoms with E-state index < -0.39 is 17.6 Å². The summed E-state index contributed by atoms with van der Waals surface area (Å²) in [5.74, 6) is -0.277. The van der Waals surface area contributed by atoms with Crippen LogP contribution in [-0.4, -0.2) is 59.2 Å². The summed E-state index contributed by atoms with van der Waals surface area (Å²) in [5.41, 5.74) is -0.941.